The van der Waals surface area contributed by atoms with Crippen LogP contribution in [0.1, 0.15) is 16.7 Å². The standard InChI is InChI=1S/C21H18N4O.C21H18N4S/c26-14-16-8-9-19-18(11-16)21(23-12-15-5-2-1-3-6-15)25-20(24-19)17-7-4-10-22-13-17;1-26-17-9-10-19-18(12-17)21(23-13-15-6-3-2-4-7-15)25-20(24-19)16-8-5-11-22-14-16/h1-11,13,26H,12,14H2,(H,23,24,25);2-12,14H,13H2,1H3,(H,23,24,25). The normalized spacial score (nSPS) is 10.8. The van der Waals surface area contributed by atoms with Gasteiger partial charge in [0.05, 0.1) is 17.6 Å². The van der Waals surface area contributed by atoms with Crippen molar-refractivity contribution in [3.63, 3.8) is 0 Å². The summed E-state index contributed by atoms with van der Waals surface area (Å²) in [5.74, 6) is 2.89. The van der Waals surface area contributed by atoms with E-state index in [0.717, 1.165) is 50.1 Å². The van der Waals surface area contributed by atoms with Gasteiger partial charge in [-0.1, -0.05) is 66.7 Å². The Balaban J connectivity index is 0.000000162. The van der Waals surface area contributed by atoms with Gasteiger partial charge >= 0.3 is 0 Å². The van der Waals surface area contributed by atoms with E-state index in [9.17, 15) is 5.11 Å². The van der Waals surface area contributed by atoms with Crippen LogP contribution in [-0.2, 0) is 19.7 Å². The number of rotatable bonds is 10. The molecule has 10 heteroatoms. The molecule has 0 saturated carbocycles. The van der Waals surface area contributed by atoms with Gasteiger partial charge in [0.1, 0.15) is 11.6 Å². The Morgan fingerprint density at radius 1 is 0.538 bits per heavy atom. The van der Waals surface area contributed by atoms with Crippen molar-refractivity contribution in [3.05, 3.63) is 163 Å². The van der Waals surface area contributed by atoms with E-state index in [1.807, 2.05) is 78.9 Å². The third-order valence-electron chi connectivity index (χ3n) is 8.29. The zero-order valence-corrected chi connectivity index (χ0v) is 29.3. The molecule has 52 heavy (non-hydrogen) atoms. The Hall–Kier alpha value is -6.23. The van der Waals surface area contributed by atoms with Gasteiger partial charge in [-0.2, -0.15) is 0 Å². The predicted molar refractivity (Wildman–Crippen MR) is 211 cm³/mol. The SMILES string of the molecule is CSc1ccc2nc(-c3cccnc3)nc(NCc3ccccc3)c2c1.OCc1ccc2nc(-c3cccnc3)nc(NCc3ccccc3)c2c1. The number of aliphatic hydroxyl groups is 1. The second-order valence-electron chi connectivity index (χ2n) is 11.8. The molecule has 4 aromatic carbocycles. The smallest absolute Gasteiger partial charge is 0.163 e. The highest BCUT2D eigenvalue weighted by atomic mass is 32.2. The van der Waals surface area contributed by atoms with E-state index in [1.54, 1.807) is 36.5 Å². The first-order valence-electron chi connectivity index (χ1n) is 16.8. The number of anilines is 2. The molecule has 0 bridgehead atoms. The van der Waals surface area contributed by atoms with Crippen LogP contribution in [0.2, 0.25) is 0 Å². The van der Waals surface area contributed by atoms with Gasteiger partial charge < -0.3 is 15.7 Å². The number of aromatic nitrogens is 6. The average molecular weight is 701 g/mol. The summed E-state index contributed by atoms with van der Waals surface area (Å²) in [4.78, 5) is 28.4. The van der Waals surface area contributed by atoms with E-state index in [1.165, 1.54) is 16.0 Å². The quantitative estimate of drug-likeness (QED) is 0.119. The largest absolute Gasteiger partial charge is 0.392 e. The van der Waals surface area contributed by atoms with Crippen molar-refractivity contribution in [1.29, 1.82) is 0 Å². The van der Waals surface area contributed by atoms with Crippen LogP contribution in [0.15, 0.2) is 151 Å². The molecule has 8 rings (SSSR count). The monoisotopic (exact) mass is 700 g/mol. The number of thioether (sulfide) groups is 1. The molecule has 8 aromatic rings. The molecule has 0 aliphatic heterocycles. The molecule has 3 N–H and O–H groups in total. The molecule has 0 fully saturated rings. The molecular formula is C42H36N8OS. The van der Waals surface area contributed by atoms with Crippen molar-refractivity contribution in [2.24, 2.45) is 0 Å². The van der Waals surface area contributed by atoms with E-state index < -0.39 is 0 Å². The summed E-state index contributed by atoms with van der Waals surface area (Å²) in [5, 5.41) is 18.3. The van der Waals surface area contributed by atoms with Crippen LogP contribution < -0.4 is 10.6 Å². The summed E-state index contributed by atoms with van der Waals surface area (Å²) in [5.41, 5.74) is 6.73. The van der Waals surface area contributed by atoms with Gasteiger partial charge in [-0.05, 0) is 77.5 Å². The number of hydrogen-bond acceptors (Lipinski definition) is 10. The van der Waals surface area contributed by atoms with E-state index in [-0.39, 0.29) is 6.61 Å². The molecular weight excluding hydrogens is 665 g/mol. The topological polar surface area (TPSA) is 122 Å². The van der Waals surface area contributed by atoms with Crippen molar-refractivity contribution < 1.29 is 5.11 Å². The number of aliphatic hydroxyl groups excluding tert-OH is 1. The third-order valence-corrected chi connectivity index (χ3v) is 9.02. The minimum absolute atomic E-state index is 0.0155. The van der Waals surface area contributed by atoms with Gasteiger partial charge in [-0.25, -0.2) is 19.9 Å². The Morgan fingerprint density at radius 3 is 1.54 bits per heavy atom. The summed E-state index contributed by atoms with van der Waals surface area (Å²) in [7, 11) is 0. The van der Waals surface area contributed by atoms with E-state index >= 15 is 0 Å². The molecule has 0 unspecified atom stereocenters. The van der Waals surface area contributed by atoms with E-state index in [2.05, 4.69) is 74.3 Å². The highest BCUT2D eigenvalue weighted by Gasteiger charge is 2.12. The molecule has 4 aromatic heterocycles. The average Bonchev–Trinajstić information content (AvgIpc) is 3.23. The van der Waals surface area contributed by atoms with Crippen molar-refractivity contribution in [2.75, 3.05) is 16.9 Å². The van der Waals surface area contributed by atoms with E-state index in [0.29, 0.717) is 24.7 Å². The summed E-state index contributed by atoms with van der Waals surface area (Å²) in [6.07, 6.45) is 9.10. The fourth-order valence-corrected chi connectivity index (χ4v) is 6.03. The fraction of sp³-hybridized carbons (Fsp3) is 0.0952. The molecule has 0 amide bonds. The van der Waals surface area contributed by atoms with Crippen LogP contribution in [0.4, 0.5) is 11.6 Å². The molecule has 0 aliphatic rings. The van der Waals surface area contributed by atoms with Gasteiger partial charge in [0.15, 0.2) is 11.6 Å². The predicted octanol–water partition coefficient (Wildman–Crippen LogP) is 8.82. The highest BCUT2D eigenvalue weighted by Crippen LogP contribution is 2.29. The van der Waals surface area contributed by atoms with Gasteiger partial charge in [0, 0.05) is 64.7 Å². The molecule has 0 radical (unpaired) electrons. The Labute approximate surface area is 306 Å². The van der Waals surface area contributed by atoms with Crippen LogP contribution >= 0.6 is 11.8 Å². The first-order chi connectivity index (χ1) is 25.7. The number of benzene rings is 4. The number of nitrogens with one attached hydrogen (secondary N) is 2. The lowest BCUT2D eigenvalue weighted by Gasteiger charge is -2.12. The second kappa shape index (κ2) is 16.7. The summed E-state index contributed by atoms with van der Waals surface area (Å²) < 4.78 is 0. The lowest BCUT2D eigenvalue weighted by atomic mass is 10.1. The Morgan fingerprint density at radius 2 is 1.06 bits per heavy atom. The van der Waals surface area contributed by atoms with Gasteiger partial charge in [-0.3, -0.25) is 9.97 Å². The fourth-order valence-electron chi connectivity index (χ4n) is 5.59. The molecule has 0 spiro atoms. The van der Waals surface area contributed by atoms with Gasteiger partial charge in [0.2, 0.25) is 0 Å². The van der Waals surface area contributed by atoms with Crippen molar-refractivity contribution >= 4 is 45.2 Å². The van der Waals surface area contributed by atoms with Gasteiger partial charge in [0.25, 0.3) is 0 Å². The molecule has 256 valence electrons. The summed E-state index contributed by atoms with van der Waals surface area (Å²) >= 11 is 1.71. The maximum atomic E-state index is 9.46. The zero-order chi connectivity index (χ0) is 35.5. The zero-order valence-electron chi connectivity index (χ0n) is 28.5. The minimum atomic E-state index is -0.0155. The number of hydrogen-bond donors (Lipinski definition) is 3. The Bertz CT molecular complexity index is 2210. The number of nitrogens with zero attached hydrogens (tertiary/aromatic N) is 6. The maximum absolute atomic E-state index is 9.46. The van der Waals surface area contributed by atoms with Crippen LogP contribution in [0.25, 0.3) is 44.6 Å². The van der Waals surface area contributed by atoms with Crippen molar-refractivity contribution in [3.8, 4) is 22.8 Å². The molecule has 0 saturated heterocycles. The number of pyridine rings is 2. The van der Waals surface area contributed by atoms with Crippen LogP contribution in [0, 0.1) is 0 Å². The molecule has 0 atom stereocenters. The second-order valence-corrected chi connectivity index (χ2v) is 12.7. The lowest BCUT2D eigenvalue weighted by Crippen LogP contribution is -2.04. The summed E-state index contributed by atoms with van der Waals surface area (Å²) in [6.45, 7) is 1.35. The third kappa shape index (κ3) is 8.38. The molecule has 0 aliphatic carbocycles. The minimum Gasteiger partial charge on any atom is -0.392 e. The maximum Gasteiger partial charge on any atom is 0.163 e. The number of fused-ring (bicyclic) bond motifs is 2. The molecule has 9 nitrogen and oxygen atoms in total. The van der Waals surface area contributed by atoms with Crippen LogP contribution in [0.3, 0.4) is 0 Å². The molecule has 4 heterocycles. The Kier molecular flexibility index (Phi) is 11.0. The highest BCUT2D eigenvalue weighted by molar-refractivity contribution is 7.98. The van der Waals surface area contributed by atoms with Crippen LogP contribution in [-0.4, -0.2) is 41.3 Å². The van der Waals surface area contributed by atoms with Crippen LogP contribution in [0.5, 0.6) is 0 Å². The van der Waals surface area contributed by atoms with Gasteiger partial charge in [-0.15, -0.1) is 11.8 Å². The lowest BCUT2D eigenvalue weighted by molar-refractivity contribution is 0.282. The van der Waals surface area contributed by atoms with E-state index in [4.69, 9.17) is 15.0 Å². The first-order valence-corrected chi connectivity index (χ1v) is 18.0. The first kappa shape index (κ1) is 34.2. The van der Waals surface area contributed by atoms with Crippen molar-refractivity contribution in [1.82, 2.24) is 29.9 Å². The van der Waals surface area contributed by atoms with Crippen molar-refractivity contribution in [2.45, 2.75) is 24.6 Å². The summed E-state index contributed by atoms with van der Waals surface area (Å²) in [6, 6.07) is 40.2.